The highest BCUT2D eigenvalue weighted by Crippen LogP contribution is 2.31. The van der Waals surface area contributed by atoms with Gasteiger partial charge >= 0.3 is 5.97 Å². The lowest BCUT2D eigenvalue weighted by atomic mass is 9.98. The minimum atomic E-state index is -3.77. The zero-order valence-electron chi connectivity index (χ0n) is 18.1. The lowest BCUT2D eigenvalue weighted by molar-refractivity contribution is -0.152. The van der Waals surface area contributed by atoms with Crippen LogP contribution in [0.3, 0.4) is 0 Å². The van der Waals surface area contributed by atoms with Gasteiger partial charge in [-0.05, 0) is 55.7 Å². The Morgan fingerprint density at radius 1 is 1.18 bits per heavy atom. The van der Waals surface area contributed by atoms with E-state index >= 15 is 0 Å². The molecular formula is C22H24ClFN2O6S. The van der Waals surface area contributed by atoms with E-state index < -0.39 is 40.2 Å². The minimum Gasteiger partial charge on any atom is -0.495 e. The van der Waals surface area contributed by atoms with Crippen molar-refractivity contribution in [2.45, 2.75) is 24.7 Å². The van der Waals surface area contributed by atoms with Crippen molar-refractivity contribution < 1.29 is 31.9 Å². The normalized spacial score (nSPS) is 15.2. The lowest BCUT2D eigenvalue weighted by Gasteiger charge is -2.30. The van der Waals surface area contributed by atoms with Gasteiger partial charge in [0.25, 0.3) is 5.91 Å². The van der Waals surface area contributed by atoms with E-state index in [1.54, 1.807) is 19.1 Å². The van der Waals surface area contributed by atoms with Crippen LogP contribution in [-0.2, 0) is 24.3 Å². The van der Waals surface area contributed by atoms with E-state index in [2.05, 4.69) is 5.32 Å². The number of piperidine rings is 1. The fraction of sp³-hybridized carbons (Fsp3) is 0.364. The molecule has 0 saturated carbocycles. The van der Waals surface area contributed by atoms with Gasteiger partial charge in [0.05, 0.1) is 23.6 Å². The summed E-state index contributed by atoms with van der Waals surface area (Å²) in [5.74, 6) is -1.78. The van der Waals surface area contributed by atoms with Crippen molar-refractivity contribution in [3.63, 3.8) is 0 Å². The van der Waals surface area contributed by atoms with Crippen LogP contribution in [0.25, 0.3) is 0 Å². The number of carbonyl (C=O) groups is 2. The molecule has 1 aliphatic rings. The van der Waals surface area contributed by atoms with Crippen molar-refractivity contribution in [2.75, 3.05) is 32.1 Å². The average molecular weight is 499 g/mol. The van der Waals surface area contributed by atoms with Crippen molar-refractivity contribution in [1.82, 2.24) is 4.31 Å². The maximum absolute atomic E-state index is 13.1. The summed E-state index contributed by atoms with van der Waals surface area (Å²) in [6, 6.07) is 7.82. The predicted octanol–water partition coefficient (Wildman–Crippen LogP) is 3.38. The van der Waals surface area contributed by atoms with E-state index in [0.717, 1.165) is 17.7 Å². The molecule has 1 N–H and O–H groups in total. The van der Waals surface area contributed by atoms with Gasteiger partial charge in [0, 0.05) is 24.2 Å². The molecule has 2 aromatic rings. The first kappa shape index (κ1) is 24.9. The molecule has 0 bridgehead atoms. The molecule has 0 aliphatic carbocycles. The fourth-order valence-corrected chi connectivity index (χ4v) is 5.08. The molecule has 0 aromatic heterocycles. The number of halogens is 2. The molecule has 0 atom stereocenters. The third kappa shape index (κ3) is 6.01. The zero-order chi connectivity index (χ0) is 24.2. The summed E-state index contributed by atoms with van der Waals surface area (Å²) in [4.78, 5) is 24.6. The first-order chi connectivity index (χ1) is 15.6. The van der Waals surface area contributed by atoms with E-state index in [1.807, 2.05) is 0 Å². The number of sulfonamides is 1. The van der Waals surface area contributed by atoms with Gasteiger partial charge in [-0.3, -0.25) is 9.59 Å². The van der Waals surface area contributed by atoms with E-state index in [-0.39, 0.29) is 30.8 Å². The van der Waals surface area contributed by atoms with Crippen LogP contribution in [0.15, 0.2) is 41.3 Å². The van der Waals surface area contributed by atoms with Crippen molar-refractivity contribution in [3.8, 4) is 5.75 Å². The standard InChI is InChI=1S/C22H24ClFN2O6S/c1-14-11-19(20(31-2)12-18(14)23)25-21(27)13-32-22(28)15-7-9-26(10-8-15)33(29,30)17-5-3-16(24)4-6-17/h3-6,11-12,15H,7-10,13H2,1-2H3,(H,25,27). The van der Waals surface area contributed by atoms with E-state index in [4.69, 9.17) is 21.1 Å². The highest BCUT2D eigenvalue weighted by Gasteiger charge is 2.33. The van der Waals surface area contributed by atoms with Gasteiger partial charge in [0.15, 0.2) is 6.61 Å². The summed E-state index contributed by atoms with van der Waals surface area (Å²) in [6.07, 6.45) is 0.510. The second kappa shape index (κ2) is 10.5. The lowest BCUT2D eigenvalue weighted by Crippen LogP contribution is -2.40. The van der Waals surface area contributed by atoms with Gasteiger partial charge in [0.1, 0.15) is 11.6 Å². The second-order valence-electron chi connectivity index (χ2n) is 7.59. The van der Waals surface area contributed by atoms with Crippen LogP contribution in [0.4, 0.5) is 10.1 Å². The summed E-state index contributed by atoms with van der Waals surface area (Å²) in [5.41, 5.74) is 1.15. The smallest absolute Gasteiger partial charge is 0.309 e. The molecule has 0 unspecified atom stereocenters. The molecule has 3 rings (SSSR count). The van der Waals surface area contributed by atoms with Crippen LogP contribution in [0.1, 0.15) is 18.4 Å². The first-order valence-corrected chi connectivity index (χ1v) is 12.0. The zero-order valence-corrected chi connectivity index (χ0v) is 19.7. The Morgan fingerprint density at radius 2 is 1.82 bits per heavy atom. The fourth-order valence-electron chi connectivity index (χ4n) is 3.46. The van der Waals surface area contributed by atoms with Gasteiger partial charge < -0.3 is 14.8 Å². The third-order valence-electron chi connectivity index (χ3n) is 5.34. The van der Waals surface area contributed by atoms with Crippen molar-refractivity contribution >= 4 is 39.2 Å². The molecule has 1 saturated heterocycles. The Labute approximate surface area is 196 Å². The first-order valence-electron chi connectivity index (χ1n) is 10.2. The molecule has 8 nitrogen and oxygen atoms in total. The van der Waals surface area contributed by atoms with Crippen molar-refractivity contribution in [1.29, 1.82) is 0 Å². The number of anilines is 1. The topological polar surface area (TPSA) is 102 Å². The Bertz CT molecular complexity index is 1130. The summed E-state index contributed by atoms with van der Waals surface area (Å²) in [5, 5.41) is 3.11. The summed E-state index contributed by atoms with van der Waals surface area (Å²) < 4.78 is 50.0. The van der Waals surface area contributed by atoms with Crippen LogP contribution in [0, 0.1) is 18.7 Å². The number of nitrogens with one attached hydrogen (secondary N) is 1. The van der Waals surface area contributed by atoms with Gasteiger partial charge in [-0.2, -0.15) is 4.31 Å². The van der Waals surface area contributed by atoms with Crippen LogP contribution >= 0.6 is 11.6 Å². The monoisotopic (exact) mass is 498 g/mol. The summed E-state index contributed by atoms with van der Waals surface area (Å²) in [7, 11) is -2.33. The SMILES string of the molecule is COc1cc(Cl)c(C)cc1NC(=O)COC(=O)C1CCN(S(=O)(=O)c2ccc(F)cc2)CC1. The van der Waals surface area contributed by atoms with Crippen LogP contribution in [0.2, 0.25) is 5.02 Å². The van der Waals surface area contributed by atoms with Gasteiger partial charge in [-0.25, -0.2) is 12.8 Å². The number of aryl methyl sites for hydroxylation is 1. The Morgan fingerprint density at radius 3 is 2.42 bits per heavy atom. The Kier molecular flexibility index (Phi) is 7.93. The minimum absolute atomic E-state index is 0.00513. The quantitative estimate of drug-likeness (QED) is 0.587. The largest absolute Gasteiger partial charge is 0.495 e. The molecule has 2 aromatic carbocycles. The average Bonchev–Trinajstić information content (AvgIpc) is 2.80. The van der Waals surface area contributed by atoms with Crippen molar-refractivity contribution in [2.24, 2.45) is 5.92 Å². The third-order valence-corrected chi connectivity index (χ3v) is 7.66. The second-order valence-corrected chi connectivity index (χ2v) is 9.93. The van der Waals surface area contributed by atoms with Crippen LogP contribution in [-0.4, -0.2) is 51.4 Å². The van der Waals surface area contributed by atoms with Gasteiger partial charge in [-0.1, -0.05) is 11.6 Å². The molecule has 178 valence electrons. The Balaban J connectivity index is 1.51. The summed E-state index contributed by atoms with van der Waals surface area (Å²) >= 11 is 6.05. The number of hydrogen-bond donors (Lipinski definition) is 1. The molecule has 0 spiro atoms. The number of methoxy groups -OCH3 is 1. The predicted molar refractivity (Wildman–Crippen MR) is 120 cm³/mol. The number of nitrogens with zero attached hydrogens (tertiary/aromatic N) is 1. The molecule has 11 heteroatoms. The Hall–Kier alpha value is -2.69. The molecule has 33 heavy (non-hydrogen) atoms. The highest BCUT2D eigenvalue weighted by atomic mass is 35.5. The van der Waals surface area contributed by atoms with Crippen molar-refractivity contribution in [3.05, 3.63) is 52.8 Å². The maximum Gasteiger partial charge on any atom is 0.309 e. The highest BCUT2D eigenvalue weighted by molar-refractivity contribution is 7.89. The molecule has 1 fully saturated rings. The summed E-state index contributed by atoms with van der Waals surface area (Å²) in [6.45, 7) is 1.53. The molecular weight excluding hydrogens is 475 g/mol. The molecule has 1 heterocycles. The van der Waals surface area contributed by atoms with E-state index in [1.165, 1.54) is 23.5 Å². The van der Waals surface area contributed by atoms with Crippen LogP contribution in [0.5, 0.6) is 5.75 Å². The van der Waals surface area contributed by atoms with E-state index in [9.17, 15) is 22.4 Å². The number of carbonyl (C=O) groups excluding carboxylic acids is 2. The number of rotatable bonds is 7. The molecule has 1 aliphatic heterocycles. The number of hydrogen-bond acceptors (Lipinski definition) is 6. The van der Waals surface area contributed by atoms with Gasteiger partial charge in [0.2, 0.25) is 10.0 Å². The number of esters is 1. The van der Waals surface area contributed by atoms with Gasteiger partial charge in [-0.15, -0.1) is 0 Å². The molecule has 0 radical (unpaired) electrons. The van der Waals surface area contributed by atoms with E-state index in [0.29, 0.717) is 16.5 Å². The van der Waals surface area contributed by atoms with Crippen LogP contribution < -0.4 is 10.1 Å². The maximum atomic E-state index is 13.1. The molecule has 1 amide bonds. The number of ether oxygens (including phenoxy) is 2. The number of amides is 1. The number of benzene rings is 2.